The van der Waals surface area contributed by atoms with Gasteiger partial charge >= 0.3 is 0 Å². The maximum atomic E-state index is 13.0. The molecule has 0 bridgehead atoms. The van der Waals surface area contributed by atoms with E-state index in [1.807, 2.05) is 23.9 Å². The largest absolute Gasteiger partial charge is 0.467 e. The van der Waals surface area contributed by atoms with Crippen molar-refractivity contribution in [3.8, 4) is 0 Å². The first-order valence-electron chi connectivity index (χ1n) is 9.11. The fourth-order valence-electron chi connectivity index (χ4n) is 3.88. The lowest BCUT2D eigenvalue weighted by atomic mass is 9.90. The summed E-state index contributed by atoms with van der Waals surface area (Å²) in [6, 6.07) is 4.22. The minimum absolute atomic E-state index is 0.0338. The minimum Gasteiger partial charge on any atom is -0.467 e. The Morgan fingerprint density at radius 2 is 2.16 bits per heavy atom. The molecule has 6 nitrogen and oxygen atoms in total. The van der Waals surface area contributed by atoms with Gasteiger partial charge in [0.15, 0.2) is 5.69 Å². The van der Waals surface area contributed by atoms with Crippen LogP contribution in [0.4, 0.5) is 0 Å². The number of hydrogen-bond acceptors (Lipinski definition) is 4. The van der Waals surface area contributed by atoms with Crippen molar-refractivity contribution < 1.29 is 9.21 Å². The van der Waals surface area contributed by atoms with Gasteiger partial charge in [0, 0.05) is 31.4 Å². The summed E-state index contributed by atoms with van der Waals surface area (Å²) in [5.41, 5.74) is 2.93. The highest BCUT2D eigenvalue weighted by Crippen LogP contribution is 2.28. The zero-order valence-corrected chi connectivity index (χ0v) is 15.7. The first-order chi connectivity index (χ1) is 12.0. The molecule has 6 heteroatoms. The summed E-state index contributed by atoms with van der Waals surface area (Å²) in [6.07, 6.45) is 4.64. The van der Waals surface area contributed by atoms with E-state index in [0.717, 1.165) is 43.7 Å². The Bertz CT molecular complexity index is 716. The number of hydrogen-bond donors (Lipinski definition) is 0. The maximum absolute atomic E-state index is 13.0. The third-order valence-electron chi connectivity index (χ3n) is 5.28. The lowest BCUT2D eigenvalue weighted by Crippen LogP contribution is -2.39. The summed E-state index contributed by atoms with van der Waals surface area (Å²) >= 11 is 0. The third-order valence-corrected chi connectivity index (χ3v) is 5.28. The van der Waals surface area contributed by atoms with Gasteiger partial charge in [-0.1, -0.05) is 13.8 Å². The molecule has 25 heavy (non-hydrogen) atoms. The highest BCUT2D eigenvalue weighted by molar-refractivity contribution is 5.94. The van der Waals surface area contributed by atoms with Gasteiger partial charge in [0.05, 0.1) is 12.8 Å². The highest BCUT2D eigenvalue weighted by Gasteiger charge is 2.31. The molecule has 2 heterocycles. The van der Waals surface area contributed by atoms with Gasteiger partial charge < -0.3 is 14.2 Å². The van der Waals surface area contributed by atoms with Crippen LogP contribution in [0.5, 0.6) is 0 Å². The van der Waals surface area contributed by atoms with Crippen LogP contribution in [0.1, 0.15) is 47.8 Å². The number of likely N-dealkylation sites (N-methyl/N-ethyl adjacent to an activating group) is 1. The molecule has 3 rings (SSSR count). The van der Waals surface area contributed by atoms with Gasteiger partial charge in [-0.05, 0) is 44.5 Å². The molecule has 2 aromatic rings. The van der Waals surface area contributed by atoms with E-state index >= 15 is 0 Å². The predicted octanol–water partition coefficient (Wildman–Crippen LogP) is 2.48. The van der Waals surface area contributed by atoms with Gasteiger partial charge in [0.25, 0.3) is 5.91 Å². The van der Waals surface area contributed by atoms with Gasteiger partial charge in [0.1, 0.15) is 5.76 Å². The Hall–Kier alpha value is -2.08. The van der Waals surface area contributed by atoms with Crippen molar-refractivity contribution in [3.05, 3.63) is 41.1 Å². The van der Waals surface area contributed by atoms with Crippen LogP contribution in [0, 0.1) is 0 Å². The van der Waals surface area contributed by atoms with Crippen LogP contribution in [-0.2, 0) is 26.4 Å². The number of nitrogens with zero attached hydrogens (tertiary/aromatic N) is 4. The summed E-state index contributed by atoms with van der Waals surface area (Å²) in [4.78, 5) is 17.1. The van der Waals surface area contributed by atoms with Crippen molar-refractivity contribution in [2.75, 3.05) is 20.1 Å². The smallest absolute Gasteiger partial charge is 0.274 e. The summed E-state index contributed by atoms with van der Waals surface area (Å²) in [6.45, 7) is 6.93. The quantitative estimate of drug-likeness (QED) is 0.808. The van der Waals surface area contributed by atoms with E-state index in [1.165, 1.54) is 5.69 Å². The van der Waals surface area contributed by atoms with Crippen LogP contribution < -0.4 is 0 Å². The van der Waals surface area contributed by atoms with E-state index in [-0.39, 0.29) is 5.91 Å². The summed E-state index contributed by atoms with van der Waals surface area (Å²) in [7, 11) is 3.75. The lowest BCUT2D eigenvalue weighted by Gasteiger charge is -2.33. The van der Waals surface area contributed by atoms with Crippen LogP contribution in [-0.4, -0.2) is 51.7 Å². The molecule has 1 aliphatic rings. The van der Waals surface area contributed by atoms with Crippen molar-refractivity contribution in [1.82, 2.24) is 19.6 Å². The summed E-state index contributed by atoms with van der Waals surface area (Å²) in [5.74, 6) is 0.745. The summed E-state index contributed by atoms with van der Waals surface area (Å²) in [5, 5.41) is 4.56. The second-order valence-corrected chi connectivity index (χ2v) is 6.76. The molecule has 0 radical (unpaired) electrons. The second-order valence-electron chi connectivity index (χ2n) is 6.76. The number of furan rings is 1. The number of aryl methyl sites for hydroxylation is 1. The number of fused-ring (bicyclic) bond motifs is 1. The molecular weight excluding hydrogens is 316 g/mol. The standard InChI is InChI=1S/C19H28N4O2/c1-5-23(6-2)14-9-10-17-16(12-14)18(20-22(17)4)19(24)21(3)13-15-8-7-11-25-15/h7-8,11,14H,5-6,9-10,12-13H2,1-4H3/t14-/m1/s1. The Labute approximate surface area is 149 Å². The van der Waals surface area contributed by atoms with E-state index < -0.39 is 0 Å². The van der Waals surface area contributed by atoms with Crippen molar-refractivity contribution in [1.29, 1.82) is 0 Å². The maximum Gasteiger partial charge on any atom is 0.274 e. The van der Waals surface area contributed by atoms with Gasteiger partial charge in [-0.2, -0.15) is 5.10 Å². The number of rotatable bonds is 6. The van der Waals surface area contributed by atoms with Crippen molar-refractivity contribution in [2.24, 2.45) is 7.05 Å². The lowest BCUT2D eigenvalue weighted by molar-refractivity contribution is 0.0767. The first-order valence-corrected chi connectivity index (χ1v) is 9.11. The van der Waals surface area contributed by atoms with E-state index in [1.54, 1.807) is 18.2 Å². The highest BCUT2D eigenvalue weighted by atomic mass is 16.3. The zero-order valence-electron chi connectivity index (χ0n) is 15.7. The van der Waals surface area contributed by atoms with Crippen LogP contribution in [0.3, 0.4) is 0 Å². The molecule has 2 aromatic heterocycles. The topological polar surface area (TPSA) is 54.5 Å². The van der Waals surface area contributed by atoms with Gasteiger partial charge in [-0.25, -0.2) is 0 Å². The molecule has 0 aromatic carbocycles. The molecule has 1 aliphatic carbocycles. The second kappa shape index (κ2) is 7.44. The number of aromatic nitrogens is 2. The molecule has 1 atom stereocenters. The van der Waals surface area contributed by atoms with Gasteiger partial charge in [0.2, 0.25) is 0 Å². The van der Waals surface area contributed by atoms with Crippen LogP contribution in [0.15, 0.2) is 22.8 Å². The van der Waals surface area contributed by atoms with E-state index in [0.29, 0.717) is 18.3 Å². The number of amides is 1. The Morgan fingerprint density at radius 3 is 2.80 bits per heavy atom. The van der Waals surface area contributed by atoms with Crippen molar-refractivity contribution >= 4 is 5.91 Å². The molecule has 0 N–H and O–H groups in total. The van der Waals surface area contributed by atoms with E-state index in [2.05, 4.69) is 23.8 Å². The number of carbonyl (C=O) groups excluding carboxylic acids is 1. The van der Waals surface area contributed by atoms with Crippen molar-refractivity contribution in [2.45, 2.75) is 45.7 Å². The molecule has 0 fully saturated rings. The SMILES string of the molecule is CCN(CC)[C@@H]1CCc2c(c(C(=O)N(C)Cc3ccco3)nn2C)C1. The monoisotopic (exact) mass is 344 g/mol. The summed E-state index contributed by atoms with van der Waals surface area (Å²) < 4.78 is 7.25. The Balaban J connectivity index is 1.82. The van der Waals surface area contributed by atoms with Crippen LogP contribution in [0.25, 0.3) is 0 Å². The molecule has 0 saturated carbocycles. The van der Waals surface area contributed by atoms with E-state index in [4.69, 9.17) is 4.42 Å². The Kier molecular flexibility index (Phi) is 5.27. The Morgan fingerprint density at radius 1 is 1.40 bits per heavy atom. The van der Waals surface area contributed by atoms with Gasteiger partial charge in [-0.15, -0.1) is 0 Å². The fourth-order valence-corrected chi connectivity index (χ4v) is 3.88. The molecule has 0 unspecified atom stereocenters. The third kappa shape index (κ3) is 3.49. The van der Waals surface area contributed by atoms with Crippen LogP contribution in [0.2, 0.25) is 0 Å². The predicted molar refractivity (Wildman–Crippen MR) is 96.4 cm³/mol. The fraction of sp³-hybridized carbons (Fsp3) is 0.579. The molecule has 0 spiro atoms. The molecule has 0 aliphatic heterocycles. The zero-order chi connectivity index (χ0) is 18.0. The minimum atomic E-state index is -0.0338. The van der Waals surface area contributed by atoms with E-state index in [9.17, 15) is 4.79 Å². The molecule has 0 saturated heterocycles. The molecule has 136 valence electrons. The van der Waals surface area contributed by atoms with Crippen molar-refractivity contribution in [3.63, 3.8) is 0 Å². The first kappa shape index (κ1) is 17.7. The molecular formula is C19H28N4O2. The van der Waals surface area contributed by atoms with Crippen LogP contribution >= 0.6 is 0 Å². The van der Waals surface area contributed by atoms with Gasteiger partial charge in [-0.3, -0.25) is 9.48 Å². The molecule has 1 amide bonds. The number of carbonyl (C=O) groups is 1. The normalized spacial score (nSPS) is 16.9. The average Bonchev–Trinajstić information content (AvgIpc) is 3.23. The average molecular weight is 344 g/mol.